The number of rotatable bonds is 6. The van der Waals surface area contributed by atoms with Crippen LogP contribution in [0.2, 0.25) is 0 Å². The Balaban J connectivity index is 2.06. The summed E-state index contributed by atoms with van der Waals surface area (Å²) in [5, 5.41) is 6.92. The first-order valence-electron chi connectivity index (χ1n) is 8.20. The van der Waals surface area contributed by atoms with E-state index in [1.165, 1.54) is 18.2 Å². The molecule has 0 saturated carbocycles. The Morgan fingerprint density at radius 2 is 2.23 bits per heavy atom. The van der Waals surface area contributed by atoms with Crippen molar-refractivity contribution in [1.29, 1.82) is 0 Å². The van der Waals surface area contributed by atoms with Gasteiger partial charge >= 0.3 is 5.69 Å². The first-order valence-corrected chi connectivity index (χ1v) is 9.08. The van der Waals surface area contributed by atoms with E-state index in [0.29, 0.717) is 17.7 Å². The van der Waals surface area contributed by atoms with Crippen LogP contribution >= 0.6 is 11.8 Å². The van der Waals surface area contributed by atoms with Gasteiger partial charge in [0, 0.05) is 19.1 Å². The van der Waals surface area contributed by atoms with Crippen molar-refractivity contribution in [2.45, 2.75) is 75.9 Å². The second-order valence-electron chi connectivity index (χ2n) is 5.81. The normalized spacial score (nSPS) is 20.1. The van der Waals surface area contributed by atoms with Gasteiger partial charge in [-0.3, -0.25) is 9.36 Å². The molecule has 2 unspecified atom stereocenters. The quantitative estimate of drug-likeness (QED) is 0.814. The van der Waals surface area contributed by atoms with Crippen molar-refractivity contribution in [1.82, 2.24) is 19.7 Å². The lowest BCUT2D eigenvalue weighted by Gasteiger charge is -2.36. The second-order valence-corrected chi connectivity index (χ2v) is 7.12. The highest BCUT2D eigenvalue weighted by Gasteiger charge is 2.29. The smallest absolute Gasteiger partial charge is 0.339 e. The Bertz CT molecular complexity index is 554. The molecule has 2 rings (SSSR count). The molecule has 0 spiro atoms. The number of H-pyrrole nitrogens is 1. The molecule has 1 aliphatic rings. The average molecular weight is 326 g/mol. The molecule has 1 saturated heterocycles. The van der Waals surface area contributed by atoms with Crippen LogP contribution in [-0.4, -0.2) is 43.4 Å². The third-order valence-electron chi connectivity index (χ3n) is 4.18. The minimum atomic E-state index is -0.224. The van der Waals surface area contributed by atoms with Gasteiger partial charge in [0.05, 0.1) is 5.25 Å². The monoisotopic (exact) mass is 326 g/mol. The second kappa shape index (κ2) is 7.85. The standard InChI is InChI=1S/C15H26N4O2S/c1-4-9-19-14(21)16-17-15(19)22-11(3)13(20)18-10-7-6-8-12(18)5-2/h11-12H,4-10H2,1-3H3,(H,16,21). The summed E-state index contributed by atoms with van der Waals surface area (Å²) < 4.78 is 1.61. The summed E-state index contributed by atoms with van der Waals surface area (Å²) >= 11 is 1.37. The van der Waals surface area contributed by atoms with E-state index in [0.717, 1.165) is 32.2 Å². The average Bonchev–Trinajstić information content (AvgIpc) is 2.87. The van der Waals surface area contributed by atoms with Gasteiger partial charge < -0.3 is 4.90 Å². The Hall–Kier alpha value is -1.24. The summed E-state index contributed by atoms with van der Waals surface area (Å²) in [6, 6.07) is 0.362. The summed E-state index contributed by atoms with van der Waals surface area (Å²) in [6.07, 6.45) is 5.26. The topological polar surface area (TPSA) is 71.0 Å². The van der Waals surface area contributed by atoms with Gasteiger partial charge in [0.1, 0.15) is 0 Å². The molecule has 22 heavy (non-hydrogen) atoms. The first-order chi connectivity index (χ1) is 10.6. The van der Waals surface area contributed by atoms with E-state index in [1.54, 1.807) is 4.57 Å². The van der Waals surface area contributed by atoms with Crippen molar-refractivity contribution in [2.75, 3.05) is 6.54 Å². The molecule has 2 atom stereocenters. The number of aromatic amines is 1. The maximum atomic E-state index is 12.7. The molecule has 6 nitrogen and oxygen atoms in total. The number of hydrogen-bond acceptors (Lipinski definition) is 4. The summed E-state index contributed by atoms with van der Waals surface area (Å²) in [4.78, 5) is 26.5. The number of nitrogens with zero attached hydrogens (tertiary/aromatic N) is 3. The molecule has 0 bridgehead atoms. The number of carbonyl (C=O) groups is 1. The van der Waals surface area contributed by atoms with Crippen molar-refractivity contribution >= 4 is 17.7 Å². The molecule has 1 N–H and O–H groups in total. The molecule has 124 valence electrons. The molecule has 7 heteroatoms. The van der Waals surface area contributed by atoms with Crippen LogP contribution in [0.15, 0.2) is 9.95 Å². The van der Waals surface area contributed by atoms with E-state index in [4.69, 9.17) is 0 Å². The number of amides is 1. The fraction of sp³-hybridized carbons (Fsp3) is 0.800. The molecule has 1 aromatic heterocycles. The van der Waals surface area contributed by atoms with Crippen LogP contribution in [0.4, 0.5) is 0 Å². The molecule has 2 heterocycles. The Morgan fingerprint density at radius 3 is 2.91 bits per heavy atom. The van der Waals surface area contributed by atoms with Gasteiger partial charge in [0.2, 0.25) is 5.91 Å². The molecule has 1 aliphatic heterocycles. The molecular formula is C15H26N4O2S. The van der Waals surface area contributed by atoms with Gasteiger partial charge in [0.25, 0.3) is 0 Å². The minimum absolute atomic E-state index is 0.162. The summed E-state index contributed by atoms with van der Waals surface area (Å²) in [5.74, 6) is 0.162. The van der Waals surface area contributed by atoms with Crippen molar-refractivity contribution in [2.24, 2.45) is 0 Å². The molecule has 0 aliphatic carbocycles. The third kappa shape index (κ3) is 3.74. The van der Waals surface area contributed by atoms with Gasteiger partial charge in [-0.25, -0.2) is 9.89 Å². The Labute approximate surface area is 135 Å². The van der Waals surface area contributed by atoms with Crippen molar-refractivity contribution < 1.29 is 4.79 Å². The van der Waals surface area contributed by atoms with Gasteiger partial charge in [-0.15, -0.1) is 5.10 Å². The van der Waals surface area contributed by atoms with Crippen LogP contribution in [0.5, 0.6) is 0 Å². The lowest BCUT2D eigenvalue weighted by molar-refractivity contribution is -0.134. The maximum Gasteiger partial charge on any atom is 0.343 e. The summed E-state index contributed by atoms with van der Waals surface area (Å²) in [7, 11) is 0. The van der Waals surface area contributed by atoms with Gasteiger partial charge in [0.15, 0.2) is 5.16 Å². The number of likely N-dealkylation sites (tertiary alicyclic amines) is 1. The number of hydrogen-bond donors (Lipinski definition) is 1. The van der Waals surface area contributed by atoms with Crippen LogP contribution in [0.1, 0.15) is 52.9 Å². The van der Waals surface area contributed by atoms with Crippen molar-refractivity contribution in [3.63, 3.8) is 0 Å². The van der Waals surface area contributed by atoms with E-state index < -0.39 is 0 Å². The zero-order valence-electron chi connectivity index (χ0n) is 13.7. The summed E-state index contributed by atoms with van der Waals surface area (Å²) in [5.41, 5.74) is -0.201. The number of nitrogens with one attached hydrogen (secondary N) is 1. The van der Waals surface area contributed by atoms with E-state index in [1.807, 2.05) is 18.7 Å². The van der Waals surface area contributed by atoms with Crippen molar-refractivity contribution in [3.05, 3.63) is 10.5 Å². The fourth-order valence-electron chi connectivity index (χ4n) is 2.97. The van der Waals surface area contributed by atoms with Gasteiger partial charge in [-0.2, -0.15) is 0 Å². The fourth-order valence-corrected chi connectivity index (χ4v) is 3.92. The van der Waals surface area contributed by atoms with Gasteiger partial charge in [-0.05, 0) is 39.0 Å². The molecule has 0 radical (unpaired) electrons. The lowest BCUT2D eigenvalue weighted by Crippen LogP contribution is -2.46. The van der Waals surface area contributed by atoms with Crippen LogP contribution in [0, 0.1) is 0 Å². The van der Waals surface area contributed by atoms with E-state index in [2.05, 4.69) is 17.1 Å². The highest BCUT2D eigenvalue weighted by molar-refractivity contribution is 8.00. The zero-order chi connectivity index (χ0) is 16.1. The summed E-state index contributed by atoms with van der Waals surface area (Å²) in [6.45, 7) is 7.54. The molecule has 1 aromatic rings. The highest BCUT2D eigenvalue weighted by atomic mass is 32.2. The zero-order valence-corrected chi connectivity index (χ0v) is 14.5. The lowest BCUT2D eigenvalue weighted by atomic mass is 10.00. The van der Waals surface area contributed by atoms with E-state index in [-0.39, 0.29) is 16.8 Å². The predicted octanol–water partition coefficient (Wildman–Crippen LogP) is 2.25. The van der Waals surface area contributed by atoms with E-state index in [9.17, 15) is 9.59 Å². The maximum absolute atomic E-state index is 12.7. The van der Waals surface area contributed by atoms with Gasteiger partial charge in [-0.1, -0.05) is 25.6 Å². The molecule has 1 amide bonds. The third-order valence-corrected chi connectivity index (χ3v) is 5.26. The predicted molar refractivity (Wildman–Crippen MR) is 88.1 cm³/mol. The van der Waals surface area contributed by atoms with Crippen LogP contribution < -0.4 is 5.69 Å². The molecular weight excluding hydrogens is 300 g/mol. The Kier molecular flexibility index (Phi) is 6.11. The molecule has 0 aromatic carbocycles. The van der Waals surface area contributed by atoms with Crippen molar-refractivity contribution in [3.8, 4) is 0 Å². The largest absolute Gasteiger partial charge is 0.343 e. The number of carbonyl (C=O) groups excluding carboxylic acids is 1. The van der Waals surface area contributed by atoms with Crippen LogP contribution in [0.25, 0.3) is 0 Å². The van der Waals surface area contributed by atoms with E-state index >= 15 is 0 Å². The SMILES string of the molecule is CCCn1c(SC(C)C(=O)N2CCCCC2CC)n[nH]c1=O. The number of thioether (sulfide) groups is 1. The number of aromatic nitrogens is 3. The first kappa shape index (κ1) is 17.1. The Morgan fingerprint density at radius 1 is 1.45 bits per heavy atom. The molecule has 1 fully saturated rings. The minimum Gasteiger partial charge on any atom is -0.339 e. The van der Waals surface area contributed by atoms with Crippen LogP contribution in [0.3, 0.4) is 0 Å². The van der Waals surface area contributed by atoms with Crippen LogP contribution in [-0.2, 0) is 11.3 Å². The highest BCUT2D eigenvalue weighted by Crippen LogP contribution is 2.26. The number of piperidine rings is 1.